The fourth-order valence-corrected chi connectivity index (χ4v) is 1.38. The zero-order chi connectivity index (χ0) is 10.8. The van der Waals surface area contributed by atoms with Crippen molar-refractivity contribution in [1.29, 1.82) is 0 Å². The fraction of sp³-hybridized carbons (Fsp3) is 0.200. The Hall–Kier alpha value is -2.04. The van der Waals surface area contributed by atoms with Gasteiger partial charge in [-0.2, -0.15) is 4.98 Å². The molecular weight excluding hydrogens is 196 g/mol. The number of methoxy groups -OCH3 is 2. The lowest BCUT2D eigenvalue weighted by Gasteiger charge is -1.98. The van der Waals surface area contributed by atoms with Crippen LogP contribution in [-0.4, -0.2) is 30.2 Å². The molecule has 1 aromatic heterocycles. The van der Waals surface area contributed by atoms with Crippen molar-refractivity contribution in [2.24, 2.45) is 0 Å². The molecule has 0 aliphatic rings. The number of carbonyl (C=O) groups is 1. The molecule has 0 amide bonds. The number of para-hydroxylation sites is 1. The first-order valence-corrected chi connectivity index (χ1v) is 4.37. The van der Waals surface area contributed by atoms with E-state index in [-0.39, 0.29) is 0 Å². The highest BCUT2D eigenvalue weighted by Crippen LogP contribution is 2.19. The summed E-state index contributed by atoms with van der Waals surface area (Å²) in [5.41, 5.74) is 1.73. The SMILES string of the molecule is COC(=O)c1cccc2[nH]c(OC)nc12. The highest BCUT2D eigenvalue weighted by atomic mass is 16.5. The van der Waals surface area contributed by atoms with Crippen molar-refractivity contribution >= 4 is 17.0 Å². The van der Waals surface area contributed by atoms with Gasteiger partial charge in [0.2, 0.25) is 0 Å². The normalized spacial score (nSPS) is 10.3. The molecule has 0 aliphatic carbocycles. The summed E-state index contributed by atoms with van der Waals surface area (Å²) in [5, 5.41) is 0. The van der Waals surface area contributed by atoms with E-state index in [0.717, 1.165) is 5.52 Å². The number of esters is 1. The second-order valence-corrected chi connectivity index (χ2v) is 2.94. The quantitative estimate of drug-likeness (QED) is 0.753. The number of nitrogens with zero attached hydrogens (tertiary/aromatic N) is 1. The Bertz CT molecular complexity index is 504. The summed E-state index contributed by atoms with van der Waals surface area (Å²) in [4.78, 5) is 18.5. The average molecular weight is 206 g/mol. The van der Waals surface area contributed by atoms with E-state index in [1.54, 1.807) is 12.1 Å². The van der Waals surface area contributed by atoms with Crippen molar-refractivity contribution in [3.63, 3.8) is 0 Å². The van der Waals surface area contributed by atoms with Crippen molar-refractivity contribution in [3.05, 3.63) is 23.8 Å². The number of nitrogens with one attached hydrogen (secondary N) is 1. The molecule has 0 unspecified atom stereocenters. The molecule has 0 spiro atoms. The van der Waals surface area contributed by atoms with Gasteiger partial charge in [-0.3, -0.25) is 0 Å². The monoisotopic (exact) mass is 206 g/mol. The topological polar surface area (TPSA) is 64.2 Å². The molecule has 1 N–H and O–H groups in total. The van der Waals surface area contributed by atoms with Gasteiger partial charge in [0.25, 0.3) is 6.01 Å². The Morgan fingerprint density at radius 3 is 2.87 bits per heavy atom. The highest BCUT2D eigenvalue weighted by Gasteiger charge is 2.13. The summed E-state index contributed by atoms with van der Waals surface area (Å²) < 4.78 is 9.60. The van der Waals surface area contributed by atoms with Gasteiger partial charge >= 0.3 is 5.97 Å². The number of aromatic amines is 1. The summed E-state index contributed by atoms with van der Waals surface area (Å²) in [6.45, 7) is 0. The van der Waals surface area contributed by atoms with Crippen LogP contribution in [0.15, 0.2) is 18.2 Å². The van der Waals surface area contributed by atoms with Gasteiger partial charge in [-0.05, 0) is 12.1 Å². The molecular formula is C10H10N2O3. The molecule has 78 valence electrons. The van der Waals surface area contributed by atoms with Crippen molar-refractivity contribution in [3.8, 4) is 6.01 Å². The van der Waals surface area contributed by atoms with E-state index >= 15 is 0 Å². The van der Waals surface area contributed by atoms with Crippen LogP contribution in [0.3, 0.4) is 0 Å². The smallest absolute Gasteiger partial charge is 0.340 e. The molecule has 0 fully saturated rings. The number of hydrogen-bond donors (Lipinski definition) is 1. The van der Waals surface area contributed by atoms with Crippen LogP contribution in [0.4, 0.5) is 0 Å². The van der Waals surface area contributed by atoms with Crippen molar-refractivity contribution in [2.45, 2.75) is 0 Å². The first kappa shape index (κ1) is 9.51. The number of H-pyrrole nitrogens is 1. The van der Waals surface area contributed by atoms with E-state index in [9.17, 15) is 4.79 Å². The van der Waals surface area contributed by atoms with Crippen LogP contribution in [0.1, 0.15) is 10.4 Å². The maximum Gasteiger partial charge on any atom is 0.340 e. The van der Waals surface area contributed by atoms with Gasteiger partial charge in [0, 0.05) is 0 Å². The summed E-state index contributed by atoms with van der Waals surface area (Å²) in [7, 11) is 2.85. The lowest BCUT2D eigenvalue weighted by molar-refractivity contribution is 0.0603. The van der Waals surface area contributed by atoms with E-state index in [2.05, 4.69) is 14.7 Å². The minimum atomic E-state index is -0.408. The molecule has 0 bridgehead atoms. The van der Waals surface area contributed by atoms with Gasteiger partial charge < -0.3 is 14.5 Å². The van der Waals surface area contributed by atoms with Crippen LogP contribution < -0.4 is 4.74 Å². The third-order valence-electron chi connectivity index (χ3n) is 2.09. The molecule has 0 saturated heterocycles. The number of fused-ring (bicyclic) bond motifs is 1. The number of carbonyl (C=O) groups excluding carboxylic acids is 1. The standard InChI is InChI=1S/C10H10N2O3/c1-14-9(13)6-4-3-5-7-8(6)12-10(11-7)15-2/h3-5H,1-2H3,(H,11,12). The van der Waals surface area contributed by atoms with Crippen LogP contribution in [0.2, 0.25) is 0 Å². The molecule has 15 heavy (non-hydrogen) atoms. The Kier molecular flexibility index (Phi) is 2.29. The fourth-order valence-electron chi connectivity index (χ4n) is 1.38. The van der Waals surface area contributed by atoms with Crippen LogP contribution in [0, 0.1) is 0 Å². The number of benzene rings is 1. The van der Waals surface area contributed by atoms with Crippen molar-refractivity contribution in [2.75, 3.05) is 14.2 Å². The molecule has 5 nitrogen and oxygen atoms in total. The van der Waals surface area contributed by atoms with E-state index in [1.165, 1.54) is 14.2 Å². The third-order valence-corrected chi connectivity index (χ3v) is 2.09. The number of hydrogen-bond acceptors (Lipinski definition) is 4. The lowest BCUT2D eigenvalue weighted by Crippen LogP contribution is -2.01. The Morgan fingerprint density at radius 2 is 2.20 bits per heavy atom. The summed E-state index contributed by atoms with van der Waals surface area (Å²) in [6, 6.07) is 5.61. The van der Waals surface area contributed by atoms with Crippen LogP contribution in [0.5, 0.6) is 6.01 Å². The zero-order valence-electron chi connectivity index (χ0n) is 8.40. The lowest BCUT2D eigenvalue weighted by atomic mass is 10.2. The average Bonchev–Trinajstić information content (AvgIpc) is 2.70. The molecule has 0 saturated carbocycles. The molecule has 0 radical (unpaired) electrons. The second-order valence-electron chi connectivity index (χ2n) is 2.94. The van der Waals surface area contributed by atoms with E-state index in [0.29, 0.717) is 17.1 Å². The second kappa shape index (κ2) is 3.61. The van der Waals surface area contributed by atoms with Gasteiger partial charge in [-0.1, -0.05) is 6.07 Å². The van der Waals surface area contributed by atoms with Crippen LogP contribution in [-0.2, 0) is 4.74 Å². The Morgan fingerprint density at radius 1 is 1.40 bits per heavy atom. The molecule has 5 heteroatoms. The predicted molar refractivity (Wildman–Crippen MR) is 54.0 cm³/mol. The van der Waals surface area contributed by atoms with Gasteiger partial charge in [0.1, 0.15) is 5.52 Å². The van der Waals surface area contributed by atoms with Gasteiger partial charge in [0.05, 0.1) is 25.3 Å². The summed E-state index contributed by atoms with van der Waals surface area (Å²) in [5.74, 6) is -0.408. The Labute approximate surface area is 86.0 Å². The van der Waals surface area contributed by atoms with Crippen molar-refractivity contribution in [1.82, 2.24) is 9.97 Å². The number of imidazole rings is 1. The zero-order valence-corrected chi connectivity index (χ0v) is 8.40. The van der Waals surface area contributed by atoms with Gasteiger partial charge in [0.15, 0.2) is 0 Å². The summed E-state index contributed by atoms with van der Waals surface area (Å²) in [6.07, 6.45) is 0. The first-order valence-electron chi connectivity index (χ1n) is 4.37. The number of ether oxygens (including phenoxy) is 2. The van der Waals surface area contributed by atoms with Crippen molar-refractivity contribution < 1.29 is 14.3 Å². The molecule has 0 atom stereocenters. The van der Waals surface area contributed by atoms with E-state index in [1.807, 2.05) is 6.07 Å². The molecule has 0 aliphatic heterocycles. The minimum Gasteiger partial charge on any atom is -0.468 e. The van der Waals surface area contributed by atoms with Crippen LogP contribution in [0.25, 0.3) is 11.0 Å². The molecule has 2 aromatic rings. The van der Waals surface area contributed by atoms with Gasteiger partial charge in [-0.15, -0.1) is 0 Å². The van der Waals surface area contributed by atoms with E-state index < -0.39 is 5.97 Å². The molecule has 1 aromatic carbocycles. The molecule has 1 heterocycles. The predicted octanol–water partition coefficient (Wildman–Crippen LogP) is 1.36. The number of aromatic nitrogens is 2. The Balaban J connectivity index is 2.64. The number of rotatable bonds is 2. The third kappa shape index (κ3) is 1.52. The largest absolute Gasteiger partial charge is 0.468 e. The maximum atomic E-state index is 11.4. The highest BCUT2D eigenvalue weighted by molar-refractivity contribution is 6.02. The van der Waals surface area contributed by atoms with Crippen LogP contribution >= 0.6 is 0 Å². The van der Waals surface area contributed by atoms with Gasteiger partial charge in [-0.25, -0.2) is 4.79 Å². The molecule has 2 rings (SSSR count). The maximum absolute atomic E-state index is 11.4. The minimum absolute atomic E-state index is 0.376. The summed E-state index contributed by atoms with van der Waals surface area (Å²) >= 11 is 0. The first-order chi connectivity index (χ1) is 7.26. The van der Waals surface area contributed by atoms with E-state index in [4.69, 9.17) is 4.74 Å².